The Balaban J connectivity index is 2.18. The van der Waals surface area contributed by atoms with Crippen molar-refractivity contribution in [3.05, 3.63) is 0 Å². The average molecular weight is 151 g/mol. The lowest BCUT2D eigenvalue weighted by Gasteiger charge is -1.99. The fourth-order valence-corrected chi connectivity index (χ4v) is 1.10. The van der Waals surface area contributed by atoms with Crippen molar-refractivity contribution in [2.24, 2.45) is 5.73 Å². The van der Waals surface area contributed by atoms with Gasteiger partial charge in [0.25, 0.3) is 0 Å². The van der Waals surface area contributed by atoms with E-state index in [2.05, 4.69) is 25.3 Å². The van der Waals surface area contributed by atoms with Crippen molar-refractivity contribution in [3.8, 4) is 0 Å². The Bertz CT molecular complexity index is 88.1. The highest BCUT2D eigenvalue weighted by Crippen LogP contribution is 2.27. The predicted octanol–water partition coefficient (Wildman–Crippen LogP) is -0.102. The summed E-state index contributed by atoms with van der Waals surface area (Å²) >= 11 is 8.03. The molecule has 0 aromatic carbocycles. The van der Waals surface area contributed by atoms with E-state index in [0.717, 1.165) is 0 Å². The van der Waals surface area contributed by atoms with Gasteiger partial charge < -0.3 is 10.5 Å². The van der Waals surface area contributed by atoms with Crippen molar-refractivity contribution >= 4 is 25.3 Å². The largest absolute Gasteiger partial charge is 0.357 e. The normalized spacial score (nSPS) is 39.4. The van der Waals surface area contributed by atoms with Crippen molar-refractivity contribution in [1.29, 1.82) is 0 Å². The van der Waals surface area contributed by atoms with Gasteiger partial charge in [0.1, 0.15) is 11.5 Å². The van der Waals surface area contributed by atoms with Crippen LogP contribution >= 0.6 is 25.3 Å². The van der Waals surface area contributed by atoms with E-state index in [1.165, 1.54) is 0 Å². The van der Waals surface area contributed by atoms with Gasteiger partial charge in [0, 0.05) is 11.8 Å². The molecule has 1 saturated heterocycles. The van der Waals surface area contributed by atoms with Gasteiger partial charge in [-0.15, -0.1) is 12.6 Å². The average Bonchev–Trinajstić information content (AvgIpc) is 2.45. The molecule has 0 bridgehead atoms. The van der Waals surface area contributed by atoms with Crippen LogP contribution in [0, 0.1) is 0 Å². The topological polar surface area (TPSA) is 38.5 Å². The summed E-state index contributed by atoms with van der Waals surface area (Å²) in [6, 6.07) is 0.0563. The molecule has 0 saturated carbocycles. The molecule has 3 atom stereocenters. The van der Waals surface area contributed by atoms with Crippen LogP contribution in [0.5, 0.6) is 0 Å². The molecule has 0 aliphatic carbocycles. The van der Waals surface area contributed by atoms with Gasteiger partial charge in [-0.3, -0.25) is 0 Å². The van der Waals surface area contributed by atoms with Gasteiger partial charge in [-0.25, -0.2) is 0 Å². The smallest absolute Gasteiger partial charge is 0.128 e. The van der Waals surface area contributed by atoms with Crippen LogP contribution in [0.3, 0.4) is 0 Å². The molecule has 2 N–H and O–H groups in total. The first-order chi connectivity index (χ1) is 3.75. The minimum absolute atomic E-state index is 0.0563. The lowest BCUT2D eigenvalue weighted by Crippen LogP contribution is -2.28. The minimum atomic E-state index is 0.0563. The van der Waals surface area contributed by atoms with E-state index in [4.69, 9.17) is 10.5 Å². The first-order valence-electron chi connectivity index (χ1n) is 2.45. The van der Waals surface area contributed by atoms with Gasteiger partial charge >= 0.3 is 0 Å². The Morgan fingerprint density at radius 3 is 2.38 bits per heavy atom. The maximum Gasteiger partial charge on any atom is 0.128 e. The minimum Gasteiger partial charge on any atom is -0.357 e. The monoisotopic (exact) mass is 151 g/mol. The van der Waals surface area contributed by atoms with E-state index in [-0.39, 0.29) is 17.6 Å². The van der Waals surface area contributed by atoms with Crippen LogP contribution in [0.1, 0.15) is 0 Å². The van der Waals surface area contributed by atoms with Crippen LogP contribution in [0.15, 0.2) is 0 Å². The van der Waals surface area contributed by atoms with Crippen molar-refractivity contribution in [2.75, 3.05) is 5.75 Å². The maximum atomic E-state index is 5.52. The van der Waals surface area contributed by atoms with E-state index < -0.39 is 0 Å². The number of thiol groups is 2. The lowest BCUT2D eigenvalue weighted by molar-refractivity contribution is 0.378. The summed E-state index contributed by atoms with van der Waals surface area (Å²) in [6.45, 7) is 0. The van der Waals surface area contributed by atoms with E-state index >= 15 is 0 Å². The number of ether oxygens (including phenoxy) is 1. The lowest BCUT2D eigenvalue weighted by atomic mass is 10.3. The summed E-state index contributed by atoms with van der Waals surface area (Å²) in [5.74, 6) is 0.668. The molecule has 0 radical (unpaired) electrons. The SMILES string of the molecule is NC(CS)C1OC1S. The Labute approximate surface area is 59.6 Å². The molecule has 1 fully saturated rings. The predicted molar refractivity (Wildman–Crippen MR) is 39.5 cm³/mol. The fraction of sp³-hybridized carbons (Fsp3) is 1.00. The summed E-state index contributed by atoms with van der Waals surface area (Å²) in [7, 11) is 0. The second kappa shape index (κ2) is 2.47. The Hall–Kier alpha value is 0.620. The van der Waals surface area contributed by atoms with E-state index in [0.29, 0.717) is 5.75 Å². The van der Waals surface area contributed by atoms with Crippen molar-refractivity contribution in [1.82, 2.24) is 0 Å². The second-order valence-corrected chi connectivity index (χ2v) is 2.71. The van der Waals surface area contributed by atoms with Gasteiger partial charge in [0.2, 0.25) is 0 Å². The van der Waals surface area contributed by atoms with Crippen LogP contribution in [0.4, 0.5) is 0 Å². The summed E-state index contributed by atoms with van der Waals surface area (Å²) in [4.78, 5) is 0. The molecule has 1 aliphatic rings. The number of epoxide rings is 1. The van der Waals surface area contributed by atoms with E-state index in [1.807, 2.05) is 0 Å². The number of hydrogen-bond acceptors (Lipinski definition) is 4. The Kier molecular flexibility index (Phi) is 2.08. The highest BCUT2D eigenvalue weighted by atomic mass is 32.1. The molecule has 0 aromatic rings. The summed E-state index contributed by atoms with van der Waals surface area (Å²) in [6.07, 6.45) is 0.149. The zero-order valence-corrected chi connectivity index (χ0v) is 6.11. The second-order valence-electron chi connectivity index (χ2n) is 1.84. The van der Waals surface area contributed by atoms with Crippen molar-refractivity contribution < 1.29 is 4.74 Å². The van der Waals surface area contributed by atoms with Crippen LogP contribution < -0.4 is 5.73 Å². The van der Waals surface area contributed by atoms with Gasteiger partial charge in [-0.1, -0.05) is 0 Å². The van der Waals surface area contributed by atoms with Gasteiger partial charge in [-0.05, 0) is 0 Å². The van der Waals surface area contributed by atoms with Crippen LogP contribution in [0.2, 0.25) is 0 Å². The van der Waals surface area contributed by atoms with Crippen molar-refractivity contribution in [3.63, 3.8) is 0 Å². The number of rotatable bonds is 2. The van der Waals surface area contributed by atoms with E-state index in [9.17, 15) is 0 Å². The molecule has 1 rings (SSSR count). The van der Waals surface area contributed by atoms with Crippen LogP contribution in [-0.2, 0) is 4.74 Å². The zero-order valence-electron chi connectivity index (χ0n) is 4.32. The van der Waals surface area contributed by atoms with Gasteiger partial charge in [0.05, 0.1) is 0 Å². The molecule has 8 heavy (non-hydrogen) atoms. The molecular formula is C4H9NOS2. The highest BCUT2D eigenvalue weighted by Gasteiger charge is 2.39. The Morgan fingerprint density at radius 1 is 1.75 bits per heavy atom. The quantitative estimate of drug-likeness (QED) is 0.381. The molecule has 0 spiro atoms. The first kappa shape index (κ1) is 6.74. The molecule has 0 aromatic heterocycles. The summed E-state index contributed by atoms with van der Waals surface area (Å²) in [5.41, 5.74) is 5.59. The molecule has 2 nitrogen and oxygen atoms in total. The summed E-state index contributed by atoms with van der Waals surface area (Å²) < 4.78 is 4.96. The molecule has 0 amide bonds. The molecule has 4 heteroatoms. The van der Waals surface area contributed by atoms with E-state index in [1.54, 1.807) is 0 Å². The van der Waals surface area contributed by atoms with Gasteiger partial charge in [-0.2, -0.15) is 12.6 Å². The number of nitrogens with two attached hydrogens (primary N) is 1. The third-order valence-corrected chi connectivity index (χ3v) is 1.97. The zero-order chi connectivity index (χ0) is 6.15. The summed E-state index contributed by atoms with van der Waals surface area (Å²) in [5, 5.41) is 0. The molecular weight excluding hydrogens is 142 g/mol. The fourth-order valence-electron chi connectivity index (χ4n) is 0.532. The highest BCUT2D eigenvalue weighted by molar-refractivity contribution is 7.81. The third kappa shape index (κ3) is 1.31. The third-order valence-electron chi connectivity index (χ3n) is 1.13. The molecule has 1 heterocycles. The molecule has 3 unspecified atom stereocenters. The first-order valence-corrected chi connectivity index (χ1v) is 3.60. The van der Waals surface area contributed by atoms with Crippen LogP contribution in [-0.4, -0.2) is 23.3 Å². The Morgan fingerprint density at radius 2 is 2.25 bits per heavy atom. The van der Waals surface area contributed by atoms with Gasteiger partial charge in [0.15, 0.2) is 0 Å². The number of hydrogen-bond donors (Lipinski definition) is 3. The van der Waals surface area contributed by atoms with Crippen LogP contribution in [0.25, 0.3) is 0 Å². The molecule has 48 valence electrons. The molecule has 1 aliphatic heterocycles. The standard InChI is InChI=1S/C4H9NOS2/c5-2(1-7)3-4(8)6-3/h2-4,7-8H,1,5H2. The van der Waals surface area contributed by atoms with Crippen molar-refractivity contribution in [2.45, 2.75) is 17.6 Å². The maximum absolute atomic E-state index is 5.52.